The molecule has 0 aliphatic heterocycles. The van der Waals surface area contributed by atoms with Crippen molar-refractivity contribution in [3.8, 4) is 11.4 Å². The summed E-state index contributed by atoms with van der Waals surface area (Å²) in [5.41, 5.74) is 2.28. The Balaban J connectivity index is 1.85. The third-order valence-electron chi connectivity index (χ3n) is 3.67. The second-order valence-corrected chi connectivity index (χ2v) is 6.02. The maximum Gasteiger partial charge on any atom is 0.199 e. The van der Waals surface area contributed by atoms with E-state index in [0.29, 0.717) is 17.3 Å². The summed E-state index contributed by atoms with van der Waals surface area (Å²) in [7, 11) is 0. The number of rotatable bonds is 5. The molecule has 0 amide bonds. The molecule has 3 rings (SSSR count). The summed E-state index contributed by atoms with van der Waals surface area (Å²) >= 11 is 5.36. The standard InChI is InChI=1S/C18H19N3OS/c1-13(2)14-8-10-15(11-9-14)21-17(19-20-18(21)23)12-22-16-6-4-3-5-7-16/h3-11,13H,12H2,1-2H3,(H,20,23). The molecule has 0 aliphatic rings. The van der Waals surface area contributed by atoms with Crippen LogP contribution in [0.15, 0.2) is 54.6 Å². The zero-order valence-corrected chi connectivity index (χ0v) is 14.0. The molecule has 0 bridgehead atoms. The van der Waals surface area contributed by atoms with Gasteiger partial charge in [-0.1, -0.05) is 44.2 Å². The summed E-state index contributed by atoms with van der Waals surface area (Å²) in [6.45, 7) is 4.71. The van der Waals surface area contributed by atoms with Crippen LogP contribution in [0.4, 0.5) is 0 Å². The normalized spacial score (nSPS) is 10.9. The number of H-pyrrole nitrogens is 1. The third kappa shape index (κ3) is 3.51. The first-order valence-corrected chi connectivity index (χ1v) is 8.00. The van der Waals surface area contributed by atoms with Gasteiger partial charge in [0.1, 0.15) is 12.4 Å². The Kier molecular flexibility index (Phi) is 4.57. The van der Waals surface area contributed by atoms with Crippen molar-refractivity contribution < 1.29 is 4.74 Å². The van der Waals surface area contributed by atoms with E-state index in [2.05, 4.69) is 48.3 Å². The van der Waals surface area contributed by atoms with Crippen LogP contribution in [-0.4, -0.2) is 14.8 Å². The van der Waals surface area contributed by atoms with Gasteiger partial charge >= 0.3 is 0 Å². The number of para-hydroxylation sites is 1. The van der Waals surface area contributed by atoms with Gasteiger partial charge in [-0.25, -0.2) is 0 Å². The number of nitrogens with one attached hydrogen (secondary N) is 1. The molecule has 0 spiro atoms. The lowest BCUT2D eigenvalue weighted by molar-refractivity contribution is 0.293. The second-order valence-electron chi connectivity index (χ2n) is 5.63. The molecule has 23 heavy (non-hydrogen) atoms. The minimum atomic E-state index is 0.350. The highest BCUT2D eigenvalue weighted by molar-refractivity contribution is 7.71. The van der Waals surface area contributed by atoms with Gasteiger partial charge in [0.2, 0.25) is 0 Å². The summed E-state index contributed by atoms with van der Waals surface area (Å²) in [5, 5.41) is 7.13. The van der Waals surface area contributed by atoms with Crippen molar-refractivity contribution in [1.29, 1.82) is 0 Å². The van der Waals surface area contributed by atoms with Gasteiger partial charge in [-0.05, 0) is 48.0 Å². The predicted octanol–water partition coefficient (Wildman–Crippen LogP) is 4.63. The van der Waals surface area contributed by atoms with E-state index < -0.39 is 0 Å². The predicted molar refractivity (Wildman–Crippen MR) is 93.6 cm³/mol. The fourth-order valence-electron chi connectivity index (χ4n) is 2.37. The fourth-order valence-corrected chi connectivity index (χ4v) is 2.62. The molecule has 4 nitrogen and oxygen atoms in total. The van der Waals surface area contributed by atoms with Gasteiger partial charge in [0.05, 0.1) is 0 Å². The van der Waals surface area contributed by atoms with E-state index in [1.807, 2.05) is 34.9 Å². The Morgan fingerprint density at radius 1 is 1.09 bits per heavy atom. The van der Waals surface area contributed by atoms with Crippen molar-refractivity contribution in [2.75, 3.05) is 0 Å². The van der Waals surface area contributed by atoms with E-state index in [4.69, 9.17) is 17.0 Å². The molecular formula is C18H19N3OS. The zero-order valence-electron chi connectivity index (χ0n) is 13.2. The number of aromatic nitrogens is 3. The lowest BCUT2D eigenvalue weighted by Gasteiger charge is -2.10. The Hall–Kier alpha value is -2.40. The van der Waals surface area contributed by atoms with Crippen LogP contribution < -0.4 is 4.74 Å². The molecule has 0 saturated carbocycles. The van der Waals surface area contributed by atoms with Crippen molar-refractivity contribution >= 4 is 12.2 Å². The van der Waals surface area contributed by atoms with E-state index in [0.717, 1.165) is 17.3 Å². The first-order valence-electron chi connectivity index (χ1n) is 7.59. The topological polar surface area (TPSA) is 42.8 Å². The molecule has 0 radical (unpaired) electrons. The van der Waals surface area contributed by atoms with Crippen molar-refractivity contribution in [2.24, 2.45) is 0 Å². The number of hydrogen-bond acceptors (Lipinski definition) is 3. The van der Waals surface area contributed by atoms with E-state index in [1.54, 1.807) is 0 Å². The summed E-state index contributed by atoms with van der Waals surface area (Å²) in [5.74, 6) is 2.06. The molecule has 1 heterocycles. The summed E-state index contributed by atoms with van der Waals surface area (Å²) in [6, 6.07) is 18.0. The highest BCUT2D eigenvalue weighted by Crippen LogP contribution is 2.19. The van der Waals surface area contributed by atoms with Crippen LogP contribution in [-0.2, 0) is 6.61 Å². The van der Waals surface area contributed by atoms with Crippen molar-refractivity contribution in [2.45, 2.75) is 26.4 Å². The van der Waals surface area contributed by atoms with Crippen molar-refractivity contribution in [3.05, 3.63) is 70.8 Å². The Labute approximate surface area is 140 Å². The second kappa shape index (κ2) is 6.79. The SMILES string of the molecule is CC(C)c1ccc(-n2c(COc3ccccc3)n[nH]c2=S)cc1. The summed E-state index contributed by atoms with van der Waals surface area (Å²) in [4.78, 5) is 0. The van der Waals surface area contributed by atoms with Gasteiger partial charge in [0.15, 0.2) is 10.6 Å². The van der Waals surface area contributed by atoms with Gasteiger partial charge in [0, 0.05) is 5.69 Å². The molecule has 3 aromatic rings. The number of ether oxygens (including phenoxy) is 1. The van der Waals surface area contributed by atoms with Crippen LogP contribution in [0.2, 0.25) is 0 Å². The molecule has 0 saturated heterocycles. The van der Waals surface area contributed by atoms with Gasteiger partial charge < -0.3 is 4.74 Å². The minimum Gasteiger partial charge on any atom is -0.486 e. The lowest BCUT2D eigenvalue weighted by atomic mass is 10.0. The van der Waals surface area contributed by atoms with Gasteiger partial charge in [-0.2, -0.15) is 5.10 Å². The van der Waals surface area contributed by atoms with Crippen LogP contribution >= 0.6 is 12.2 Å². The molecule has 118 valence electrons. The Morgan fingerprint density at radius 3 is 2.43 bits per heavy atom. The van der Waals surface area contributed by atoms with Gasteiger partial charge in [0.25, 0.3) is 0 Å². The Bertz CT molecular complexity index is 819. The minimum absolute atomic E-state index is 0.350. The number of aromatic amines is 1. The average molecular weight is 325 g/mol. The maximum absolute atomic E-state index is 5.78. The monoisotopic (exact) mass is 325 g/mol. The lowest BCUT2D eigenvalue weighted by Crippen LogP contribution is -2.06. The van der Waals surface area contributed by atoms with Gasteiger partial charge in [-0.3, -0.25) is 9.67 Å². The smallest absolute Gasteiger partial charge is 0.199 e. The average Bonchev–Trinajstić information content (AvgIpc) is 2.95. The van der Waals surface area contributed by atoms with E-state index >= 15 is 0 Å². The van der Waals surface area contributed by atoms with E-state index in [9.17, 15) is 0 Å². The van der Waals surface area contributed by atoms with Crippen LogP contribution in [0.5, 0.6) is 5.75 Å². The summed E-state index contributed by atoms with van der Waals surface area (Å²) in [6.07, 6.45) is 0. The Morgan fingerprint density at radius 2 is 1.78 bits per heavy atom. The fraction of sp³-hybridized carbons (Fsp3) is 0.222. The quantitative estimate of drug-likeness (QED) is 0.695. The first kappa shape index (κ1) is 15.5. The van der Waals surface area contributed by atoms with E-state index in [1.165, 1.54) is 5.56 Å². The van der Waals surface area contributed by atoms with Crippen LogP contribution in [0.3, 0.4) is 0 Å². The molecule has 2 aromatic carbocycles. The maximum atomic E-state index is 5.78. The highest BCUT2D eigenvalue weighted by atomic mass is 32.1. The molecule has 0 atom stereocenters. The highest BCUT2D eigenvalue weighted by Gasteiger charge is 2.10. The van der Waals surface area contributed by atoms with Crippen LogP contribution in [0, 0.1) is 4.77 Å². The largest absolute Gasteiger partial charge is 0.486 e. The molecule has 1 aromatic heterocycles. The van der Waals surface area contributed by atoms with Crippen molar-refractivity contribution in [3.63, 3.8) is 0 Å². The van der Waals surface area contributed by atoms with Gasteiger partial charge in [-0.15, -0.1) is 0 Å². The number of benzene rings is 2. The molecule has 0 fully saturated rings. The third-order valence-corrected chi connectivity index (χ3v) is 3.94. The first-order chi connectivity index (χ1) is 11.1. The van der Waals surface area contributed by atoms with Crippen molar-refractivity contribution in [1.82, 2.24) is 14.8 Å². The molecular weight excluding hydrogens is 306 g/mol. The van der Waals surface area contributed by atoms with E-state index in [-0.39, 0.29) is 0 Å². The number of nitrogens with zero attached hydrogens (tertiary/aromatic N) is 2. The van der Waals surface area contributed by atoms with Crippen LogP contribution in [0.25, 0.3) is 5.69 Å². The molecule has 5 heteroatoms. The molecule has 0 aliphatic carbocycles. The number of hydrogen-bond donors (Lipinski definition) is 1. The summed E-state index contributed by atoms with van der Waals surface area (Å²) < 4.78 is 8.25. The zero-order chi connectivity index (χ0) is 16.2. The molecule has 1 N–H and O–H groups in total. The van der Waals surface area contributed by atoms with Crippen LogP contribution in [0.1, 0.15) is 31.2 Å². The molecule has 0 unspecified atom stereocenters.